The highest BCUT2D eigenvalue weighted by Gasteiger charge is 2.42. The van der Waals surface area contributed by atoms with E-state index in [1.165, 1.54) is 11.2 Å². The van der Waals surface area contributed by atoms with Gasteiger partial charge >= 0.3 is 5.97 Å². The van der Waals surface area contributed by atoms with Crippen LogP contribution in [0.1, 0.15) is 13.3 Å². The summed E-state index contributed by atoms with van der Waals surface area (Å²) in [7, 11) is 0. The number of carbonyl (C=O) groups excluding carboxylic acids is 1. The number of hydrogen-bond donors (Lipinski definition) is 1. The molecule has 1 aliphatic heterocycles. The molecule has 6 heteroatoms. The maximum absolute atomic E-state index is 11.6. The van der Waals surface area contributed by atoms with E-state index in [0.29, 0.717) is 5.82 Å². The van der Waals surface area contributed by atoms with Gasteiger partial charge in [0.15, 0.2) is 5.82 Å². The van der Waals surface area contributed by atoms with Gasteiger partial charge in [-0.25, -0.2) is 0 Å². The molecule has 0 unspecified atom stereocenters. The molecule has 0 aromatic carbocycles. The first-order valence-corrected chi connectivity index (χ1v) is 4.56. The van der Waals surface area contributed by atoms with Gasteiger partial charge in [-0.3, -0.25) is 14.5 Å². The van der Waals surface area contributed by atoms with E-state index in [1.807, 2.05) is 0 Å². The third-order valence-corrected chi connectivity index (χ3v) is 2.64. The lowest BCUT2D eigenvalue weighted by molar-refractivity contribution is -0.142. The van der Waals surface area contributed by atoms with Gasteiger partial charge in [-0.2, -0.15) is 0 Å². The maximum Gasteiger partial charge on any atom is 0.309 e. The van der Waals surface area contributed by atoms with Crippen LogP contribution in [0.15, 0.2) is 16.9 Å². The summed E-state index contributed by atoms with van der Waals surface area (Å²) in [6, 6.07) is 1.15. The Morgan fingerprint density at radius 1 is 1.73 bits per heavy atom. The first-order chi connectivity index (χ1) is 7.11. The Morgan fingerprint density at radius 3 is 2.93 bits per heavy atom. The Kier molecular flexibility index (Phi) is 2.18. The Balaban J connectivity index is 2.28. The van der Waals surface area contributed by atoms with E-state index >= 15 is 0 Å². The van der Waals surface area contributed by atoms with Crippen LogP contribution in [0.5, 0.6) is 0 Å². The molecule has 1 aromatic rings. The maximum atomic E-state index is 11.6. The van der Waals surface area contributed by atoms with Crippen molar-refractivity contribution in [2.75, 3.05) is 4.90 Å². The van der Waals surface area contributed by atoms with Crippen LogP contribution < -0.4 is 4.90 Å². The minimum Gasteiger partial charge on any atom is -0.481 e. The van der Waals surface area contributed by atoms with Crippen molar-refractivity contribution >= 4 is 17.7 Å². The van der Waals surface area contributed by atoms with E-state index in [0.717, 1.165) is 0 Å². The Bertz CT molecular complexity index is 387. The van der Waals surface area contributed by atoms with Gasteiger partial charge < -0.3 is 9.63 Å². The summed E-state index contributed by atoms with van der Waals surface area (Å²) in [5.74, 6) is -1.49. The van der Waals surface area contributed by atoms with Crippen LogP contribution in [-0.4, -0.2) is 28.2 Å². The molecule has 80 valence electrons. The fourth-order valence-electron chi connectivity index (χ4n) is 1.82. The Morgan fingerprint density at radius 2 is 2.47 bits per heavy atom. The number of anilines is 1. The lowest BCUT2D eigenvalue weighted by Gasteiger charge is -2.19. The third kappa shape index (κ3) is 1.47. The van der Waals surface area contributed by atoms with Crippen LogP contribution in [0.3, 0.4) is 0 Å². The smallest absolute Gasteiger partial charge is 0.309 e. The minimum absolute atomic E-state index is 0.0172. The van der Waals surface area contributed by atoms with Crippen molar-refractivity contribution in [3.8, 4) is 0 Å². The zero-order valence-corrected chi connectivity index (χ0v) is 8.08. The molecule has 0 spiro atoms. The zero-order chi connectivity index (χ0) is 11.0. The molecule has 15 heavy (non-hydrogen) atoms. The van der Waals surface area contributed by atoms with Crippen molar-refractivity contribution in [1.82, 2.24) is 5.16 Å². The number of aromatic nitrogens is 1. The van der Waals surface area contributed by atoms with E-state index in [4.69, 9.17) is 5.11 Å². The molecule has 0 bridgehead atoms. The number of amides is 1. The summed E-state index contributed by atoms with van der Waals surface area (Å²) >= 11 is 0. The largest absolute Gasteiger partial charge is 0.481 e. The number of carbonyl (C=O) groups is 2. The first kappa shape index (κ1) is 9.70. The van der Waals surface area contributed by atoms with E-state index < -0.39 is 11.9 Å². The number of carboxylic acid groups (broad SMARTS) is 1. The number of hydrogen-bond acceptors (Lipinski definition) is 4. The Hall–Kier alpha value is -1.85. The number of aliphatic carboxylic acids is 1. The van der Waals surface area contributed by atoms with Crippen LogP contribution in [-0.2, 0) is 9.59 Å². The quantitative estimate of drug-likeness (QED) is 0.768. The van der Waals surface area contributed by atoms with Crippen molar-refractivity contribution < 1.29 is 19.2 Å². The van der Waals surface area contributed by atoms with Gasteiger partial charge in [-0.1, -0.05) is 5.16 Å². The Labute approximate surface area is 85.5 Å². The fourth-order valence-corrected chi connectivity index (χ4v) is 1.82. The van der Waals surface area contributed by atoms with E-state index in [1.54, 1.807) is 13.0 Å². The van der Waals surface area contributed by atoms with Crippen LogP contribution >= 0.6 is 0 Å². The molecule has 1 fully saturated rings. The molecule has 0 saturated carbocycles. The fraction of sp³-hybridized carbons (Fsp3) is 0.444. The minimum atomic E-state index is -0.957. The van der Waals surface area contributed by atoms with Crippen LogP contribution in [0.25, 0.3) is 0 Å². The van der Waals surface area contributed by atoms with Crippen molar-refractivity contribution in [2.45, 2.75) is 19.4 Å². The van der Waals surface area contributed by atoms with Gasteiger partial charge in [-0.15, -0.1) is 0 Å². The van der Waals surface area contributed by atoms with Crippen molar-refractivity contribution in [3.05, 3.63) is 12.3 Å². The van der Waals surface area contributed by atoms with Gasteiger partial charge in [0, 0.05) is 18.5 Å². The van der Waals surface area contributed by atoms with Crippen LogP contribution in [0.4, 0.5) is 5.82 Å². The first-order valence-electron chi connectivity index (χ1n) is 4.56. The van der Waals surface area contributed by atoms with Gasteiger partial charge in [-0.05, 0) is 6.92 Å². The molecule has 1 saturated heterocycles. The van der Waals surface area contributed by atoms with Crippen LogP contribution in [0, 0.1) is 5.92 Å². The van der Waals surface area contributed by atoms with E-state index in [2.05, 4.69) is 9.68 Å². The topological polar surface area (TPSA) is 83.6 Å². The summed E-state index contributed by atoms with van der Waals surface area (Å²) < 4.78 is 4.63. The van der Waals surface area contributed by atoms with Crippen molar-refractivity contribution in [3.63, 3.8) is 0 Å². The third-order valence-electron chi connectivity index (χ3n) is 2.64. The molecular formula is C9H10N2O4. The zero-order valence-electron chi connectivity index (χ0n) is 8.08. The molecule has 2 rings (SSSR count). The predicted molar refractivity (Wildman–Crippen MR) is 49.2 cm³/mol. The molecule has 1 N–H and O–H groups in total. The second-order valence-electron chi connectivity index (χ2n) is 3.51. The van der Waals surface area contributed by atoms with E-state index in [9.17, 15) is 9.59 Å². The lowest BCUT2D eigenvalue weighted by atomic mass is 10.0. The molecule has 0 aliphatic carbocycles. The summed E-state index contributed by atoms with van der Waals surface area (Å²) in [6.45, 7) is 1.69. The normalized spacial score (nSPS) is 25.9. The standard InChI is InChI=1S/C9H10N2O4/c1-5-6(9(13)14)4-8(12)11(5)7-2-3-15-10-7/h2-3,5-6H,4H2,1H3,(H,13,14)/t5-,6+/m1/s1. The summed E-state index contributed by atoms with van der Waals surface area (Å²) in [4.78, 5) is 23.8. The molecule has 2 atom stereocenters. The molecule has 6 nitrogen and oxygen atoms in total. The van der Waals surface area contributed by atoms with Gasteiger partial charge in [0.25, 0.3) is 0 Å². The van der Waals surface area contributed by atoms with Crippen molar-refractivity contribution in [2.24, 2.45) is 5.92 Å². The van der Waals surface area contributed by atoms with Crippen LogP contribution in [0.2, 0.25) is 0 Å². The number of rotatable bonds is 2. The summed E-state index contributed by atoms with van der Waals surface area (Å²) in [5.41, 5.74) is 0. The summed E-state index contributed by atoms with van der Waals surface area (Å²) in [5, 5.41) is 12.5. The molecule has 2 heterocycles. The summed E-state index contributed by atoms with van der Waals surface area (Å²) in [6.07, 6.45) is 1.37. The average molecular weight is 210 g/mol. The molecule has 1 amide bonds. The number of nitrogens with zero attached hydrogens (tertiary/aromatic N) is 2. The van der Waals surface area contributed by atoms with Gasteiger partial charge in [0.2, 0.25) is 5.91 Å². The highest BCUT2D eigenvalue weighted by atomic mass is 16.5. The van der Waals surface area contributed by atoms with Crippen molar-refractivity contribution in [1.29, 1.82) is 0 Å². The molecule has 1 aliphatic rings. The second kappa shape index (κ2) is 3.38. The predicted octanol–water partition coefficient (Wildman–Crippen LogP) is 0.501. The molecular weight excluding hydrogens is 200 g/mol. The highest BCUT2D eigenvalue weighted by Crippen LogP contribution is 2.29. The van der Waals surface area contributed by atoms with Gasteiger partial charge in [0.1, 0.15) is 6.26 Å². The number of carboxylic acids is 1. The average Bonchev–Trinajstić information content (AvgIpc) is 2.73. The SMILES string of the molecule is C[C@@H]1[C@@H](C(=O)O)CC(=O)N1c1ccon1. The lowest BCUT2D eigenvalue weighted by Crippen LogP contribution is -2.35. The second-order valence-corrected chi connectivity index (χ2v) is 3.51. The molecule has 0 radical (unpaired) electrons. The molecule has 1 aromatic heterocycles. The monoisotopic (exact) mass is 210 g/mol. The van der Waals surface area contributed by atoms with Gasteiger partial charge in [0.05, 0.1) is 5.92 Å². The highest BCUT2D eigenvalue weighted by molar-refractivity contribution is 5.99. The van der Waals surface area contributed by atoms with E-state index in [-0.39, 0.29) is 18.4 Å².